The molecule has 1 aliphatic heterocycles. The van der Waals surface area contributed by atoms with Crippen LogP contribution in [0.5, 0.6) is 0 Å². The van der Waals surface area contributed by atoms with E-state index in [1.165, 1.54) is 0 Å². The van der Waals surface area contributed by atoms with Crippen LogP contribution in [0, 0.1) is 0 Å². The van der Waals surface area contributed by atoms with Crippen LogP contribution in [0.2, 0.25) is 0 Å². The van der Waals surface area contributed by atoms with Crippen molar-refractivity contribution < 1.29 is 9.59 Å². The Balaban J connectivity index is 1.99. The highest BCUT2D eigenvalue weighted by Crippen LogP contribution is 2.40. The van der Waals surface area contributed by atoms with E-state index in [-0.39, 0.29) is 11.8 Å². The molecule has 0 saturated heterocycles. The lowest BCUT2D eigenvalue weighted by atomic mass is 10.0. The molecule has 0 bridgehead atoms. The molecule has 0 N–H and O–H groups in total. The van der Waals surface area contributed by atoms with Crippen LogP contribution >= 0.6 is 15.9 Å². The monoisotopic (exact) mass is 357 g/mol. The molecule has 1 heterocycles. The number of aldehydes is 1. The topological polar surface area (TPSA) is 37.4 Å². The minimum Gasteiger partial charge on any atom is -0.295 e. The third-order valence-electron chi connectivity index (χ3n) is 4.25. The Labute approximate surface area is 138 Å². The van der Waals surface area contributed by atoms with Gasteiger partial charge in [0.15, 0.2) is 6.29 Å². The van der Waals surface area contributed by atoms with Crippen LogP contribution in [0.1, 0.15) is 35.7 Å². The van der Waals surface area contributed by atoms with Crippen molar-refractivity contribution in [3.8, 4) is 0 Å². The van der Waals surface area contributed by atoms with Crippen LogP contribution in [-0.4, -0.2) is 17.0 Å². The van der Waals surface area contributed by atoms with E-state index in [1.54, 1.807) is 0 Å². The fourth-order valence-corrected chi connectivity index (χ4v) is 3.53. The zero-order valence-corrected chi connectivity index (χ0v) is 13.8. The fraction of sp³-hybridized carbons (Fsp3) is 0.222. The molecule has 1 aliphatic rings. The highest BCUT2D eigenvalue weighted by Gasteiger charge is 2.37. The average molecular weight is 358 g/mol. The first kappa shape index (κ1) is 15.1. The molecule has 0 fully saturated rings. The molecule has 4 heteroatoms. The molecule has 2 unspecified atom stereocenters. The maximum absolute atomic E-state index is 12.2. The molecule has 112 valence electrons. The van der Waals surface area contributed by atoms with E-state index in [2.05, 4.69) is 33.8 Å². The van der Waals surface area contributed by atoms with Gasteiger partial charge < -0.3 is 0 Å². The molecular weight excluding hydrogens is 342 g/mol. The van der Waals surface area contributed by atoms with E-state index in [9.17, 15) is 9.59 Å². The first-order chi connectivity index (χ1) is 10.6. The Hall–Kier alpha value is -1.78. The van der Waals surface area contributed by atoms with Crippen LogP contribution in [0.15, 0.2) is 53.0 Å². The molecule has 0 amide bonds. The van der Waals surface area contributed by atoms with Gasteiger partial charge in [-0.3, -0.25) is 14.5 Å². The van der Waals surface area contributed by atoms with Gasteiger partial charge in [0, 0.05) is 17.1 Å². The highest BCUT2D eigenvalue weighted by atomic mass is 79.9. The summed E-state index contributed by atoms with van der Waals surface area (Å²) in [5.41, 5.74) is 3.18. The molecule has 3 nitrogen and oxygen atoms in total. The van der Waals surface area contributed by atoms with E-state index in [0.29, 0.717) is 12.8 Å². The van der Waals surface area contributed by atoms with Crippen molar-refractivity contribution in [3.05, 3.63) is 69.7 Å². The third-order valence-corrected chi connectivity index (χ3v) is 4.74. The van der Waals surface area contributed by atoms with E-state index >= 15 is 0 Å². The number of Topliss-reactive ketones (excluding diaryl/α,β-unsaturated/α-hetero) is 1. The van der Waals surface area contributed by atoms with Gasteiger partial charge in [0.2, 0.25) is 5.78 Å². The second kappa shape index (κ2) is 6.15. The Kier molecular flexibility index (Phi) is 4.23. The Morgan fingerprint density at radius 1 is 1.27 bits per heavy atom. The van der Waals surface area contributed by atoms with Crippen LogP contribution in [0.3, 0.4) is 0 Å². The van der Waals surface area contributed by atoms with Gasteiger partial charge in [0.05, 0.1) is 0 Å². The fourth-order valence-electron chi connectivity index (χ4n) is 3.11. The number of nitrogens with zero attached hydrogens (tertiary/aromatic N) is 1. The molecule has 0 aliphatic carbocycles. The van der Waals surface area contributed by atoms with Crippen molar-refractivity contribution >= 4 is 28.0 Å². The molecule has 0 radical (unpaired) electrons. The third kappa shape index (κ3) is 2.64. The van der Waals surface area contributed by atoms with Crippen molar-refractivity contribution in [1.82, 2.24) is 4.90 Å². The Morgan fingerprint density at radius 2 is 2.05 bits per heavy atom. The number of rotatable bonds is 4. The lowest BCUT2D eigenvalue weighted by molar-refractivity contribution is -0.134. The molecule has 3 rings (SSSR count). The molecule has 2 atom stereocenters. The van der Waals surface area contributed by atoms with Crippen LogP contribution in [0.25, 0.3) is 0 Å². The number of fused-ring (bicyclic) bond motifs is 1. The summed E-state index contributed by atoms with van der Waals surface area (Å²) in [5, 5.41) is 0. The van der Waals surface area contributed by atoms with Gasteiger partial charge in [-0.05, 0) is 35.7 Å². The quantitative estimate of drug-likeness (QED) is 0.616. The molecule has 0 aromatic heterocycles. The normalized spacial score (nSPS) is 18.7. The van der Waals surface area contributed by atoms with Gasteiger partial charge >= 0.3 is 0 Å². The van der Waals surface area contributed by atoms with Crippen molar-refractivity contribution in [1.29, 1.82) is 0 Å². The number of halogens is 1. The van der Waals surface area contributed by atoms with Gasteiger partial charge in [-0.15, -0.1) is 0 Å². The Bertz CT molecular complexity index is 729. The number of ketones is 1. The summed E-state index contributed by atoms with van der Waals surface area (Å²) in [4.78, 5) is 25.3. The number of carbonyl (C=O) groups is 2. The summed E-state index contributed by atoms with van der Waals surface area (Å²) in [6.07, 6.45) is 0.438. The van der Waals surface area contributed by atoms with Gasteiger partial charge in [-0.25, -0.2) is 0 Å². The molecule has 2 aromatic carbocycles. The summed E-state index contributed by atoms with van der Waals surface area (Å²) in [6, 6.07) is 15.5. The summed E-state index contributed by atoms with van der Waals surface area (Å²) in [7, 11) is 0. The number of hydrogen-bond acceptors (Lipinski definition) is 3. The maximum atomic E-state index is 12.2. The largest absolute Gasteiger partial charge is 0.295 e. The lowest BCUT2D eigenvalue weighted by Gasteiger charge is -2.29. The predicted molar refractivity (Wildman–Crippen MR) is 88.4 cm³/mol. The van der Waals surface area contributed by atoms with Crippen LogP contribution < -0.4 is 0 Å². The van der Waals surface area contributed by atoms with Crippen molar-refractivity contribution in [2.75, 3.05) is 0 Å². The number of benzene rings is 2. The zero-order chi connectivity index (χ0) is 15.7. The Morgan fingerprint density at radius 3 is 2.77 bits per heavy atom. The van der Waals surface area contributed by atoms with Gasteiger partial charge in [-0.1, -0.05) is 52.3 Å². The van der Waals surface area contributed by atoms with Crippen molar-refractivity contribution in [2.24, 2.45) is 0 Å². The second-order valence-electron chi connectivity index (χ2n) is 5.52. The van der Waals surface area contributed by atoms with E-state index in [1.807, 2.05) is 42.5 Å². The molecule has 22 heavy (non-hydrogen) atoms. The SMILES string of the molecule is CC(c1cccc(Br)c1)N1Cc2ccccc2C1C(=O)C=O. The minimum absolute atomic E-state index is 0.0406. The summed E-state index contributed by atoms with van der Waals surface area (Å²) < 4.78 is 1.01. The van der Waals surface area contributed by atoms with Gasteiger partial charge in [0.1, 0.15) is 6.04 Å². The second-order valence-corrected chi connectivity index (χ2v) is 6.44. The molecule has 0 spiro atoms. The zero-order valence-electron chi connectivity index (χ0n) is 12.2. The number of hydrogen-bond donors (Lipinski definition) is 0. The summed E-state index contributed by atoms with van der Waals surface area (Å²) >= 11 is 3.48. The predicted octanol–water partition coefficient (Wildman–Crippen LogP) is 3.84. The molecular formula is C18H16BrNO2. The van der Waals surface area contributed by atoms with E-state index in [4.69, 9.17) is 0 Å². The van der Waals surface area contributed by atoms with Crippen LogP contribution in [-0.2, 0) is 16.1 Å². The lowest BCUT2D eigenvalue weighted by Crippen LogP contribution is -2.31. The van der Waals surface area contributed by atoms with E-state index in [0.717, 1.165) is 21.2 Å². The first-order valence-corrected chi connectivity index (χ1v) is 7.99. The minimum atomic E-state index is -0.484. The maximum Gasteiger partial charge on any atom is 0.216 e. The van der Waals surface area contributed by atoms with Gasteiger partial charge in [-0.2, -0.15) is 0 Å². The summed E-state index contributed by atoms with van der Waals surface area (Å²) in [5.74, 6) is -0.383. The standard InChI is InChI=1S/C18H16BrNO2/c1-12(13-6-4-7-15(19)9-13)20-10-14-5-2-3-8-16(14)18(20)17(22)11-21/h2-9,11-12,18H,10H2,1H3. The van der Waals surface area contributed by atoms with Gasteiger partial charge in [0.25, 0.3) is 0 Å². The van der Waals surface area contributed by atoms with Crippen molar-refractivity contribution in [2.45, 2.75) is 25.6 Å². The van der Waals surface area contributed by atoms with Crippen molar-refractivity contribution in [3.63, 3.8) is 0 Å². The van der Waals surface area contributed by atoms with Crippen LogP contribution in [0.4, 0.5) is 0 Å². The number of carbonyl (C=O) groups excluding carboxylic acids is 2. The average Bonchev–Trinajstić information content (AvgIpc) is 2.92. The molecule has 0 saturated carbocycles. The highest BCUT2D eigenvalue weighted by molar-refractivity contribution is 9.10. The van der Waals surface area contributed by atoms with E-state index < -0.39 is 6.04 Å². The summed E-state index contributed by atoms with van der Waals surface area (Å²) in [6.45, 7) is 2.74. The smallest absolute Gasteiger partial charge is 0.216 e. The first-order valence-electron chi connectivity index (χ1n) is 7.20. The molecule has 2 aromatic rings.